The van der Waals surface area contributed by atoms with Gasteiger partial charge in [-0.05, 0) is 31.0 Å². The maximum Gasteiger partial charge on any atom is 0.195 e. The Kier molecular flexibility index (Phi) is 4.15. The predicted octanol–water partition coefficient (Wildman–Crippen LogP) is 1.79. The monoisotopic (exact) mass is 298 g/mol. The molecule has 9 heteroatoms. The normalized spacial score (nSPS) is 10.6. The summed E-state index contributed by atoms with van der Waals surface area (Å²) in [6.07, 6.45) is 1.95. The SMILES string of the molecule is CSc1nnc(Sc2nc(C)cc(C(=N)N)n2)s1. The predicted molar refractivity (Wildman–Crippen MR) is 73.6 cm³/mol. The third kappa shape index (κ3) is 3.18. The van der Waals surface area contributed by atoms with Gasteiger partial charge in [0.05, 0.1) is 0 Å². The lowest BCUT2D eigenvalue weighted by molar-refractivity contribution is 0.910. The van der Waals surface area contributed by atoms with Crippen LogP contribution in [-0.2, 0) is 0 Å². The van der Waals surface area contributed by atoms with Crippen molar-refractivity contribution in [1.82, 2.24) is 20.2 Å². The summed E-state index contributed by atoms with van der Waals surface area (Å²) >= 11 is 4.36. The van der Waals surface area contributed by atoms with Crippen LogP contribution in [0.25, 0.3) is 0 Å². The molecule has 94 valence electrons. The summed E-state index contributed by atoms with van der Waals surface area (Å²) in [5.41, 5.74) is 6.63. The second kappa shape index (κ2) is 5.63. The van der Waals surface area contributed by atoms with Gasteiger partial charge in [0.25, 0.3) is 0 Å². The maximum absolute atomic E-state index is 7.39. The zero-order chi connectivity index (χ0) is 13.1. The quantitative estimate of drug-likeness (QED) is 0.384. The van der Waals surface area contributed by atoms with Gasteiger partial charge in [-0.2, -0.15) is 0 Å². The molecular formula is C9H10N6S3. The molecule has 0 aromatic carbocycles. The van der Waals surface area contributed by atoms with Crippen molar-refractivity contribution >= 4 is 40.7 Å². The molecule has 0 saturated carbocycles. The molecule has 0 fully saturated rings. The average Bonchev–Trinajstić information content (AvgIpc) is 2.76. The smallest absolute Gasteiger partial charge is 0.195 e. The summed E-state index contributed by atoms with van der Waals surface area (Å²) in [7, 11) is 0. The van der Waals surface area contributed by atoms with Gasteiger partial charge >= 0.3 is 0 Å². The molecule has 0 saturated heterocycles. The van der Waals surface area contributed by atoms with Crippen LogP contribution in [0.2, 0.25) is 0 Å². The van der Waals surface area contributed by atoms with Crippen LogP contribution in [0.15, 0.2) is 19.9 Å². The molecule has 0 atom stereocenters. The van der Waals surface area contributed by atoms with Crippen molar-refractivity contribution in [2.45, 2.75) is 20.8 Å². The second-order valence-corrected chi connectivity index (χ2v) is 6.48. The maximum atomic E-state index is 7.39. The van der Waals surface area contributed by atoms with Crippen LogP contribution in [-0.4, -0.2) is 32.3 Å². The molecule has 6 nitrogen and oxygen atoms in total. The Bertz CT molecular complexity index is 581. The highest BCUT2D eigenvalue weighted by atomic mass is 32.2. The van der Waals surface area contributed by atoms with Crippen molar-refractivity contribution < 1.29 is 0 Å². The van der Waals surface area contributed by atoms with Gasteiger partial charge in [-0.25, -0.2) is 9.97 Å². The van der Waals surface area contributed by atoms with Crippen molar-refractivity contribution in [2.75, 3.05) is 6.26 Å². The van der Waals surface area contributed by atoms with Crippen LogP contribution >= 0.6 is 34.9 Å². The highest BCUT2D eigenvalue weighted by molar-refractivity contribution is 8.02. The van der Waals surface area contributed by atoms with E-state index in [0.717, 1.165) is 14.4 Å². The molecule has 18 heavy (non-hydrogen) atoms. The number of hydrogen-bond donors (Lipinski definition) is 2. The highest BCUT2D eigenvalue weighted by Gasteiger charge is 2.10. The van der Waals surface area contributed by atoms with Crippen molar-refractivity contribution in [1.29, 1.82) is 5.41 Å². The Morgan fingerprint density at radius 2 is 2.06 bits per heavy atom. The van der Waals surface area contributed by atoms with E-state index >= 15 is 0 Å². The van der Waals surface area contributed by atoms with Crippen molar-refractivity contribution in [2.24, 2.45) is 5.73 Å². The molecular weight excluding hydrogens is 288 g/mol. The molecule has 0 unspecified atom stereocenters. The van der Waals surface area contributed by atoms with Crippen LogP contribution in [0.3, 0.4) is 0 Å². The van der Waals surface area contributed by atoms with Crippen LogP contribution < -0.4 is 5.73 Å². The fourth-order valence-corrected chi connectivity index (χ4v) is 3.49. The summed E-state index contributed by atoms with van der Waals surface area (Å²) in [6.45, 7) is 1.84. The first-order valence-corrected chi connectivity index (χ1v) is 7.69. The number of thioether (sulfide) groups is 1. The number of rotatable bonds is 4. The summed E-state index contributed by atoms with van der Waals surface area (Å²) < 4.78 is 1.68. The van der Waals surface area contributed by atoms with E-state index in [0.29, 0.717) is 10.9 Å². The minimum atomic E-state index is -0.0654. The van der Waals surface area contributed by atoms with Gasteiger partial charge in [-0.15, -0.1) is 10.2 Å². The molecule has 2 aromatic heterocycles. The zero-order valence-electron chi connectivity index (χ0n) is 9.67. The lowest BCUT2D eigenvalue weighted by Gasteiger charge is -2.02. The van der Waals surface area contributed by atoms with E-state index < -0.39 is 0 Å². The van der Waals surface area contributed by atoms with Crippen LogP contribution in [0.1, 0.15) is 11.4 Å². The summed E-state index contributed by atoms with van der Waals surface area (Å²) in [5.74, 6) is -0.0654. The Labute approximate surface area is 116 Å². The Balaban J connectivity index is 2.25. The first kappa shape index (κ1) is 13.2. The number of nitrogens with two attached hydrogens (primary N) is 1. The van der Waals surface area contributed by atoms with Gasteiger partial charge in [0.15, 0.2) is 13.8 Å². The van der Waals surface area contributed by atoms with E-state index in [1.165, 1.54) is 23.1 Å². The molecule has 0 amide bonds. The van der Waals surface area contributed by atoms with Crippen LogP contribution in [0.5, 0.6) is 0 Å². The van der Waals surface area contributed by atoms with Crippen molar-refractivity contribution in [3.63, 3.8) is 0 Å². The Hall–Kier alpha value is -1.19. The van der Waals surface area contributed by atoms with Crippen LogP contribution in [0.4, 0.5) is 0 Å². The molecule has 0 aliphatic carbocycles. The summed E-state index contributed by atoms with van der Waals surface area (Å²) in [5, 5.41) is 16.0. The topological polar surface area (TPSA) is 101 Å². The van der Waals surface area contributed by atoms with Gasteiger partial charge in [0.1, 0.15) is 11.5 Å². The summed E-state index contributed by atoms with van der Waals surface area (Å²) in [6, 6.07) is 1.68. The molecule has 0 aliphatic heterocycles. The lowest BCUT2D eigenvalue weighted by atomic mass is 10.3. The third-order valence-electron chi connectivity index (χ3n) is 1.85. The van der Waals surface area contributed by atoms with Gasteiger partial charge in [-0.3, -0.25) is 5.41 Å². The number of amidine groups is 1. The number of aromatic nitrogens is 4. The minimum Gasteiger partial charge on any atom is -0.382 e. The van der Waals surface area contributed by atoms with E-state index in [4.69, 9.17) is 11.1 Å². The third-order valence-corrected chi connectivity index (χ3v) is 4.67. The number of nitrogens with one attached hydrogen (secondary N) is 1. The molecule has 0 aliphatic rings. The average molecular weight is 298 g/mol. The first-order valence-electron chi connectivity index (χ1n) is 4.84. The van der Waals surface area contributed by atoms with E-state index in [-0.39, 0.29) is 5.84 Å². The van der Waals surface area contributed by atoms with E-state index in [9.17, 15) is 0 Å². The molecule has 2 rings (SSSR count). The standard InChI is InChI=1S/C9H10N6S3/c1-4-3-5(6(10)11)13-7(12-4)17-9-15-14-8(16-2)18-9/h3H,1-2H3,(H3,10,11). The number of aryl methyl sites for hydroxylation is 1. The van der Waals surface area contributed by atoms with Gasteiger partial charge < -0.3 is 5.73 Å². The van der Waals surface area contributed by atoms with Gasteiger partial charge in [0.2, 0.25) is 0 Å². The van der Waals surface area contributed by atoms with E-state index in [1.807, 2.05) is 13.2 Å². The molecule has 2 aromatic rings. The fourth-order valence-electron chi connectivity index (χ4n) is 1.12. The largest absolute Gasteiger partial charge is 0.382 e. The molecule has 0 bridgehead atoms. The molecule has 3 N–H and O–H groups in total. The van der Waals surface area contributed by atoms with Gasteiger partial charge in [0, 0.05) is 5.69 Å². The van der Waals surface area contributed by atoms with Crippen molar-refractivity contribution in [3.05, 3.63) is 17.5 Å². The molecule has 0 spiro atoms. The summed E-state index contributed by atoms with van der Waals surface area (Å²) in [4.78, 5) is 8.48. The van der Waals surface area contributed by atoms with Crippen LogP contribution in [0, 0.1) is 12.3 Å². The Morgan fingerprint density at radius 1 is 1.33 bits per heavy atom. The Morgan fingerprint density at radius 3 is 2.67 bits per heavy atom. The van der Waals surface area contributed by atoms with Crippen molar-refractivity contribution in [3.8, 4) is 0 Å². The number of nitrogens with zero attached hydrogens (tertiary/aromatic N) is 4. The first-order chi connectivity index (χ1) is 8.58. The fraction of sp³-hybridized carbons (Fsp3) is 0.222. The van der Waals surface area contributed by atoms with E-state index in [2.05, 4.69) is 20.2 Å². The molecule has 0 radical (unpaired) electrons. The zero-order valence-corrected chi connectivity index (χ0v) is 12.1. The van der Waals surface area contributed by atoms with Gasteiger partial charge in [-0.1, -0.05) is 23.1 Å². The number of nitrogen functional groups attached to an aromatic ring is 1. The molecule has 2 heterocycles. The van der Waals surface area contributed by atoms with E-state index in [1.54, 1.807) is 17.8 Å². The second-order valence-electron chi connectivity index (χ2n) is 3.23. The lowest BCUT2D eigenvalue weighted by Crippen LogP contribution is -2.14. The highest BCUT2D eigenvalue weighted by Crippen LogP contribution is 2.30. The minimum absolute atomic E-state index is 0.0654. The number of hydrogen-bond acceptors (Lipinski definition) is 8.